The van der Waals surface area contributed by atoms with Crippen molar-refractivity contribution >= 4 is 16.7 Å². The minimum absolute atomic E-state index is 0.0717. The van der Waals surface area contributed by atoms with E-state index in [1.165, 1.54) is 5.56 Å². The van der Waals surface area contributed by atoms with E-state index in [0.717, 1.165) is 24.1 Å². The number of carbonyl (C=O) groups excluding carboxylic acids is 1. The Kier molecular flexibility index (Phi) is 5.84. The number of hydrogen-bond donors (Lipinski definition) is 0. The average Bonchev–Trinajstić information content (AvgIpc) is 2.58. The van der Waals surface area contributed by atoms with Crippen molar-refractivity contribution < 1.29 is 27.4 Å². The fraction of sp³-hybridized carbons (Fsp3) is 0.450. The van der Waals surface area contributed by atoms with Gasteiger partial charge in [-0.3, -0.25) is 0 Å². The van der Waals surface area contributed by atoms with Crippen LogP contribution in [0.5, 0.6) is 5.75 Å². The number of fused-ring (bicyclic) bond motifs is 1. The molecule has 0 aliphatic heterocycles. The predicted octanol–water partition coefficient (Wildman–Crippen LogP) is 5.40. The number of benzene rings is 2. The second kappa shape index (κ2) is 7.56. The Hall–Kier alpha value is -2.24. The van der Waals surface area contributed by atoms with Crippen molar-refractivity contribution in [3.63, 3.8) is 0 Å². The molecule has 0 N–H and O–H groups in total. The number of esters is 1. The van der Waals surface area contributed by atoms with Gasteiger partial charge < -0.3 is 9.47 Å². The molecule has 0 spiro atoms. The van der Waals surface area contributed by atoms with E-state index < -0.39 is 24.9 Å². The van der Waals surface area contributed by atoms with Gasteiger partial charge in [0.05, 0.1) is 0 Å². The third kappa shape index (κ3) is 4.90. The highest BCUT2D eigenvalue weighted by molar-refractivity contribution is 5.85. The van der Waals surface area contributed by atoms with Gasteiger partial charge in [0, 0.05) is 0 Å². The molecule has 142 valence electrons. The summed E-state index contributed by atoms with van der Waals surface area (Å²) in [6.07, 6.45) is -5.73. The molecule has 1 atom stereocenters. The third-order valence-electron chi connectivity index (χ3n) is 4.60. The molecule has 0 saturated heterocycles. The molecule has 0 aliphatic carbocycles. The van der Waals surface area contributed by atoms with Gasteiger partial charge in [-0.15, -0.1) is 0 Å². The van der Waals surface area contributed by atoms with E-state index in [1.54, 1.807) is 12.1 Å². The van der Waals surface area contributed by atoms with Crippen LogP contribution in [0.1, 0.15) is 39.7 Å². The molecule has 2 aromatic rings. The van der Waals surface area contributed by atoms with Gasteiger partial charge in [-0.1, -0.05) is 45.0 Å². The number of hydrogen-bond acceptors (Lipinski definition) is 3. The summed E-state index contributed by atoms with van der Waals surface area (Å²) in [5.41, 5.74) is 1.30. The van der Waals surface area contributed by atoms with Crippen molar-refractivity contribution in [2.24, 2.45) is 0 Å². The van der Waals surface area contributed by atoms with Crippen LogP contribution < -0.4 is 4.74 Å². The van der Waals surface area contributed by atoms with Crippen molar-refractivity contribution in [1.82, 2.24) is 0 Å². The number of rotatable bonds is 6. The zero-order chi connectivity index (χ0) is 19.5. The first-order valence-corrected chi connectivity index (χ1v) is 8.46. The van der Waals surface area contributed by atoms with E-state index in [1.807, 2.05) is 12.1 Å². The second-order valence-corrected chi connectivity index (χ2v) is 6.92. The highest BCUT2D eigenvalue weighted by Crippen LogP contribution is 2.30. The number of ether oxygens (including phenoxy) is 2. The molecule has 0 aliphatic rings. The SMILES string of the molecule is CCC(C)(C)c1ccc2cc(OCC(=O)OC(C)C(F)(F)F)ccc2c1. The van der Waals surface area contributed by atoms with E-state index in [9.17, 15) is 18.0 Å². The summed E-state index contributed by atoms with van der Waals surface area (Å²) in [5.74, 6) is -0.661. The van der Waals surface area contributed by atoms with Crippen molar-refractivity contribution in [1.29, 1.82) is 0 Å². The molecule has 0 amide bonds. The van der Waals surface area contributed by atoms with Gasteiger partial charge in [0.25, 0.3) is 0 Å². The Morgan fingerprint density at radius 2 is 1.69 bits per heavy atom. The average molecular weight is 368 g/mol. The van der Waals surface area contributed by atoms with Gasteiger partial charge in [-0.05, 0) is 47.2 Å². The van der Waals surface area contributed by atoms with Crippen LogP contribution >= 0.6 is 0 Å². The van der Waals surface area contributed by atoms with Gasteiger partial charge >= 0.3 is 12.1 Å². The maximum Gasteiger partial charge on any atom is 0.425 e. The molecule has 0 saturated carbocycles. The first-order chi connectivity index (χ1) is 12.0. The van der Waals surface area contributed by atoms with Crippen LogP contribution in [0.4, 0.5) is 13.2 Å². The topological polar surface area (TPSA) is 35.5 Å². The van der Waals surface area contributed by atoms with Crippen LogP contribution in [0.15, 0.2) is 36.4 Å². The Morgan fingerprint density at radius 1 is 1.08 bits per heavy atom. The molecule has 0 aromatic heterocycles. The van der Waals surface area contributed by atoms with E-state index in [-0.39, 0.29) is 5.41 Å². The van der Waals surface area contributed by atoms with Gasteiger partial charge in [-0.25, -0.2) is 4.79 Å². The highest BCUT2D eigenvalue weighted by Gasteiger charge is 2.39. The maximum absolute atomic E-state index is 12.4. The summed E-state index contributed by atoms with van der Waals surface area (Å²) in [6.45, 7) is 6.70. The molecule has 2 rings (SSSR count). The summed E-state index contributed by atoms with van der Waals surface area (Å²) in [7, 11) is 0. The smallest absolute Gasteiger partial charge is 0.425 e. The summed E-state index contributed by atoms with van der Waals surface area (Å²) < 4.78 is 46.7. The monoisotopic (exact) mass is 368 g/mol. The Morgan fingerprint density at radius 3 is 2.31 bits per heavy atom. The molecule has 26 heavy (non-hydrogen) atoms. The summed E-state index contributed by atoms with van der Waals surface area (Å²) in [5, 5.41) is 1.96. The zero-order valence-electron chi connectivity index (χ0n) is 15.3. The first kappa shape index (κ1) is 20.1. The minimum Gasteiger partial charge on any atom is -0.482 e. The molecule has 1 unspecified atom stereocenters. The third-order valence-corrected chi connectivity index (χ3v) is 4.60. The van der Waals surface area contributed by atoms with Gasteiger partial charge in [0.1, 0.15) is 5.75 Å². The standard InChI is InChI=1S/C20H23F3O3/c1-5-19(3,4)16-8-6-15-11-17(9-7-14(15)10-16)25-12-18(24)26-13(2)20(21,22)23/h6-11,13H,5,12H2,1-4H3. The molecule has 2 aromatic carbocycles. The normalized spacial score (nSPS) is 13.5. The summed E-state index contributed by atoms with van der Waals surface area (Å²) in [6, 6.07) is 11.4. The molecule has 0 radical (unpaired) electrons. The molecule has 3 nitrogen and oxygen atoms in total. The molecule has 0 bridgehead atoms. The fourth-order valence-electron chi connectivity index (χ4n) is 2.38. The Labute approximate surface area is 151 Å². The van der Waals surface area contributed by atoms with Crippen LogP contribution in [0.25, 0.3) is 10.8 Å². The van der Waals surface area contributed by atoms with Crippen LogP contribution in [0.3, 0.4) is 0 Å². The van der Waals surface area contributed by atoms with Gasteiger partial charge in [0.15, 0.2) is 12.7 Å². The zero-order valence-corrected chi connectivity index (χ0v) is 15.3. The van der Waals surface area contributed by atoms with E-state index in [2.05, 4.69) is 37.6 Å². The highest BCUT2D eigenvalue weighted by atomic mass is 19.4. The second-order valence-electron chi connectivity index (χ2n) is 6.92. The Balaban J connectivity index is 2.05. The molecular formula is C20H23F3O3. The van der Waals surface area contributed by atoms with E-state index >= 15 is 0 Å². The van der Waals surface area contributed by atoms with Crippen LogP contribution in [0.2, 0.25) is 0 Å². The van der Waals surface area contributed by atoms with Crippen molar-refractivity contribution in [3.05, 3.63) is 42.0 Å². The van der Waals surface area contributed by atoms with Gasteiger partial charge in [0.2, 0.25) is 0 Å². The predicted molar refractivity (Wildman–Crippen MR) is 94.4 cm³/mol. The summed E-state index contributed by atoms with van der Waals surface area (Å²) >= 11 is 0. The van der Waals surface area contributed by atoms with E-state index in [0.29, 0.717) is 5.75 Å². The lowest BCUT2D eigenvalue weighted by Crippen LogP contribution is -2.32. The lowest BCUT2D eigenvalue weighted by molar-refractivity contribution is -0.217. The quantitative estimate of drug-likeness (QED) is 0.641. The first-order valence-electron chi connectivity index (χ1n) is 8.46. The lowest BCUT2D eigenvalue weighted by Gasteiger charge is -2.23. The molecule has 0 heterocycles. The molecule has 0 fully saturated rings. The number of alkyl halides is 3. The fourth-order valence-corrected chi connectivity index (χ4v) is 2.38. The Bertz CT molecular complexity index is 781. The molecule has 6 heteroatoms. The van der Waals surface area contributed by atoms with Crippen molar-refractivity contribution in [2.75, 3.05) is 6.61 Å². The number of halogens is 3. The van der Waals surface area contributed by atoms with Crippen LogP contribution in [-0.4, -0.2) is 24.9 Å². The lowest BCUT2D eigenvalue weighted by atomic mass is 9.81. The van der Waals surface area contributed by atoms with Gasteiger partial charge in [-0.2, -0.15) is 13.2 Å². The van der Waals surface area contributed by atoms with Crippen LogP contribution in [-0.2, 0) is 14.9 Å². The summed E-state index contributed by atoms with van der Waals surface area (Å²) in [4.78, 5) is 11.5. The van der Waals surface area contributed by atoms with Crippen molar-refractivity contribution in [2.45, 2.75) is 51.8 Å². The molecular weight excluding hydrogens is 345 g/mol. The van der Waals surface area contributed by atoms with Crippen LogP contribution in [0, 0.1) is 0 Å². The van der Waals surface area contributed by atoms with Crippen molar-refractivity contribution in [3.8, 4) is 5.75 Å². The minimum atomic E-state index is -4.58. The maximum atomic E-state index is 12.4. The largest absolute Gasteiger partial charge is 0.482 e. The van der Waals surface area contributed by atoms with E-state index in [4.69, 9.17) is 4.74 Å². The number of carbonyl (C=O) groups is 1.